The van der Waals surface area contributed by atoms with Crippen molar-refractivity contribution in [2.45, 2.75) is 37.9 Å². The van der Waals surface area contributed by atoms with E-state index in [9.17, 15) is 9.59 Å². The van der Waals surface area contributed by atoms with Gasteiger partial charge < -0.3 is 4.74 Å². The van der Waals surface area contributed by atoms with Crippen molar-refractivity contribution in [2.75, 3.05) is 4.90 Å². The van der Waals surface area contributed by atoms with Gasteiger partial charge in [0, 0.05) is 18.8 Å². The summed E-state index contributed by atoms with van der Waals surface area (Å²) in [6.07, 6.45) is 3.53. The molecule has 2 amide bonds. The molecule has 140 valence electrons. The first-order valence-corrected chi connectivity index (χ1v) is 9.90. The third kappa shape index (κ3) is 2.18. The summed E-state index contributed by atoms with van der Waals surface area (Å²) >= 11 is 3.51. The highest BCUT2D eigenvalue weighted by Gasteiger charge is 2.72. The first-order chi connectivity index (χ1) is 12.7. The molecule has 3 aliphatic heterocycles. The second-order valence-corrected chi connectivity index (χ2v) is 9.10. The number of hydrogen-bond acceptors (Lipinski definition) is 4. The Bertz CT molecular complexity index is 951. The van der Waals surface area contributed by atoms with Crippen molar-refractivity contribution in [3.8, 4) is 11.3 Å². The Kier molecular flexibility index (Phi) is 3.36. The number of anilines is 1. The Morgan fingerprint density at radius 1 is 1.07 bits per heavy atom. The second kappa shape index (κ2) is 5.29. The molecule has 27 heavy (non-hydrogen) atoms. The minimum Gasteiger partial charge on any atom is -0.367 e. The number of aromatic nitrogens is 2. The van der Waals surface area contributed by atoms with Gasteiger partial charge in [-0.3, -0.25) is 14.3 Å². The van der Waals surface area contributed by atoms with Crippen molar-refractivity contribution >= 4 is 33.4 Å². The number of amides is 2. The van der Waals surface area contributed by atoms with Crippen LogP contribution in [0.5, 0.6) is 0 Å². The van der Waals surface area contributed by atoms with Crippen molar-refractivity contribution in [3.05, 3.63) is 34.9 Å². The van der Waals surface area contributed by atoms with Crippen molar-refractivity contribution in [1.29, 1.82) is 0 Å². The lowest BCUT2D eigenvalue weighted by molar-refractivity contribution is -0.129. The maximum Gasteiger partial charge on any atom is 0.240 e. The molecular formula is C20H20BrN3O3. The van der Waals surface area contributed by atoms with E-state index in [1.165, 1.54) is 4.90 Å². The van der Waals surface area contributed by atoms with Crippen molar-refractivity contribution in [1.82, 2.24) is 9.78 Å². The van der Waals surface area contributed by atoms with Crippen LogP contribution in [0.2, 0.25) is 0 Å². The predicted molar refractivity (Wildman–Crippen MR) is 103 cm³/mol. The van der Waals surface area contributed by atoms with Crippen molar-refractivity contribution in [3.63, 3.8) is 0 Å². The molecule has 4 heterocycles. The molecule has 3 aliphatic rings. The number of benzene rings is 1. The van der Waals surface area contributed by atoms with Gasteiger partial charge in [0.25, 0.3) is 0 Å². The van der Waals surface area contributed by atoms with Gasteiger partial charge in [-0.15, -0.1) is 0 Å². The summed E-state index contributed by atoms with van der Waals surface area (Å²) in [7, 11) is 1.86. The average molecular weight is 430 g/mol. The monoisotopic (exact) mass is 429 g/mol. The number of nitrogens with zero attached hydrogens (tertiary/aromatic N) is 3. The number of aryl methyl sites for hydroxylation is 1. The minimum absolute atomic E-state index is 0.136. The average Bonchev–Trinajstić information content (AvgIpc) is 3.27. The quantitative estimate of drug-likeness (QED) is 0.686. The Morgan fingerprint density at radius 3 is 2.11 bits per heavy atom. The normalized spacial score (nSPS) is 34.6. The lowest BCUT2D eigenvalue weighted by Gasteiger charge is -2.27. The largest absolute Gasteiger partial charge is 0.367 e. The van der Waals surface area contributed by atoms with Crippen LogP contribution >= 0.6 is 15.9 Å². The summed E-state index contributed by atoms with van der Waals surface area (Å²) in [5.41, 5.74) is 1.31. The van der Waals surface area contributed by atoms with Gasteiger partial charge in [0.05, 0.1) is 33.2 Å². The van der Waals surface area contributed by atoms with Crippen LogP contribution in [0.25, 0.3) is 11.3 Å². The first kappa shape index (κ1) is 17.1. The SMILES string of the molecule is Cn1cc(Br)c(-c2ccc(N3C(=O)C4C(C3=O)C3(C)CCC4(C)O3)cc2)n1. The van der Waals surface area contributed by atoms with Gasteiger partial charge in [-0.1, -0.05) is 12.1 Å². The Morgan fingerprint density at radius 2 is 1.63 bits per heavy atom. The van der Waals surface area contributed by atoms with E-state index in [2.05, 4.69) is 21.0 Å². The summed E-state index contributed by atoms with van der Waals surface area (Å²) < 4.78 is 8.78. The Labute approximate surface area is 165 Å². The summed E-state index contributed by atoms with van der Waals surface area (Å²) in [6, 6.07) is 7.43. The molecule has 3 saturated heterocycles. The molecule has 4 atom stereocenters. The molecule has 6 nitrogen and oxygen atoms in total. The standard InChI is InChI=1S/C20H20BrN3O3/c1-19-8-9-20(2,27-19)15-14(19)17(25)24(18(15)26)12-6-4-11(5-7-12)16-13(21)10-23(3)22-16/h4-7,10,14-15H,8-9H2,1-3H3. The maximum atomic E-state index is 13.1. The van der Waals surface area contributed by atoms with Crippen LogP contribution < -0.4 is 4.90 Å². The van der Waals surface area contributed by atoms with Crippen LogP contribution in [0.1, 0.15) is 26.7 Å². The topological polar surface area (TPSA) is 64.4 Å². The van der Waals surface area contributed by atoms with Crippen LogP contribution in [0.4, 0.5) is 5.69 Å². The molecule has 0 radical (unpaired) electrons. The number of halogens is 1. The number of imide groups is 1. The number of rotatable bonds is 2. The van der Waals surface area contributed by atoms with Crippen LogP contribution in [-0.2, 0) is 21.4 Å². The number of ether oxygens (including phenoxy) is 1. The van der Waals surface area contributed by atoms with E-state index in [-0.39, 0.29) is 23.7 Å². The Balaban J connectivity index is 1.50. The zero-order chi connectivity index (χ0) is 19.1. The van der Waals surface area contributed by atoms with E-state index in [1.54, 1.807) is 4.68 Å². The van der Waals surface area contributed by atoms with Crippen LogP contribution in [0, 0.1) is 11.8 Å². The highest BCUT2D eigenvalue weighted by atomic mass is 79.9. The van der Waals surface area contributed by atoms with Crippen LogP contribution in [0.3, 0.4) is 0 Å². The minimum atomic E-state index is -0.528. The van der Waals surface area contributed by atoms with Gasteiger partial charge in [-0.25, -0.2) is 4.90 Å². The zero-order valence-electron chi connectivity index (χ0n) is 15.4. The van der Waals surface area contributed by atoms with Crippen molar-refractivity contribution in [2.24, 2.45) is 18.9 Å². The third-order valence-corrected chi connectivity index (χ3v) is 6.97. The molecule has 5 rings (SSSR count). The van der Waals surface area contributed by atoms with Crippen molar-refractivity contribution < 1.29 is 14.3 Å². The van der Waals surface area contributed by atoms with E-state index < -0.39 is 11.2 Å². The molecular weight excluding hydrogens is 410 g/mol. The zero-order valence-corrected chi connectivity index (χ0v) is 17.0. The van der Waals surface area contributed by atoms with Crippen LogP contribution in [0.15, 0.2) is 34.9 Å². The second-order valence-electron chi connectivity index (χ2n) is 8.24. The maximum absolute atomic E-state index is 13.1. The van der Waals surface area contributed by atoms with Crippen LogP contribution in [-0.4, -0.2) is 32.8 Å². The highest BCUT2D eigenvalue weighted by molar-refractivity contribution is 9.10. The van der Waals surface area contributed by atoms with E-state index in [1.807, 2.05) is 51.4 Å². The molecule has 0 spiro atoms. The lowest BCUT2D eigenvalue weighted by Crippen LogP contribution is -2.40. The van der Waals surface area contributed by atoms with Gasteiger partial charge in [-0.2, -0.15) is 5.10 Å². The van der Waals surface area contributed by atoms with E-state index in [0.29, 0.717) is 5.69 Å². The van der Waals surface area contributed by atoms with Gasteiger partial charge in [0.15, 0.2) is 0 Å². The van der Waals surface area contributed by atoms with Gasteiger partial charge in [0.2, 0.25) is 11.8 Å². The molecule has 7 heteroatoms. The number of hydrogen-bond donors (Lipinski definition) is 0. The molecule has 2 aromatic rings. The van der Waals surface area contributed by atoms with E-state index in [0.717, 1.165) is 28.6 Å². The molecule has 0 N–H and O–H groups in total. The number of carbonyl (C=O) groups is 2. The summed E-state index contributed by atoms with van der Waals surface area (Å²) in [6.45, 7) is 3.94. The Hall–Kier alpha value is -1.99. The summed E-state index contributed by atoms with van der Waals surface area (Å²) in [4.78, 5) is 27.7. The van der Waals surface area contributed by atoms with E-state index >= 15 is 0 Å². The fourth-order valence-corrected chi connectivity index (χ4v) is 5.75. The fourth-order valence-electron chi connectivity index (χ4n) is 5.15. The van der Waals surface area contributed by atoms with Gasteiger partial charge >= 0.3 is 0 Å². The van der Waals surface area contributed by atoms with E-state index in [4.69, 9.17) is 4.74 Å². The van der Waals surface area contributed by atoms with Gasteiger partial charge in [0.1, 0.15) is 5.69 Å². The number of fused-ring (bicyclic) bond motifs is 5. The predicted octanol–water partition coefficient (Wildman–Crippen LogP) is 3.30. The summed E-state index contributed by atoms with van der Waals surface area (Å²) in [5, 5.41) is 4.44. The molecule has 1 aromatic heterocycles. The molecule has 2 bridgehead atoms. The summed E-state index contributed by atoms with van der Waals surface area (Å²) in [5.74, 6) is -1.04. The van der Waals surface area contributed by atoms with Gasteiger partial charge in [-0.05, 0) is 54.8 Å². The molecule has 3 fully saturated rings. The third-order valence-electron chi connectivity index (χ3n) is 6.39. The molecule has 1 aromatic carbocycles. The molecule has 0 saturated carbocycles. The number of carbonyl (C=O) groups excluding carboxylic acids is 2. The molecule has 4 unspecified atom stereocenters. The highest BCUT2D eigenvalue weighted by Crippen LogP contribution is 2.60. The fraction of sp³-hybridized carbons (Fsp3) is 0.450. The lowest BCUT2D eigenvalue weighted by atomic mass is 9.69. The molecule has 0 aliphatic carbocycles. The first-order valence-electron chi connectivity index (χ1n) is 9.11. The smallest absolute Gasteiger partial charge is 0.240 e.